The van der Waals surface area contributed by atoms with E-state index in [0.29, 0.717) is 11.1 Å². The summed E-state index contributed by atoms with van der Waals surface area (Å²) in [6.07, 6.45) is -0.983. The van der Waals surface area contributed by atoms with Crippen molar-refractivity contribution in [2.45, 2.75) is 79.0 Å². The highest BCUT2D eigenvalue weighted by Crippen LogP contribution is 2.10. The average Bonchev–Trinajstić information content (AvgIpc) is 2.89. The van der Waals surface area contributed by atoms with Crippen LogP contribution in [0.25, 0.3) is 0 Å². The predicted molar refractivity (Wildman–Crippen MR) is 155 cm³/mol. The van der Waals surface area contributed by atoms with Gasteiger partial charge in [-0.25, -0.2) is 9.59 Å². The molecule has 2 amide bonds. The highest BCUT2D eigenvalue weighted by molar-refractivity contribution is 6.58. The third-order valence-electron chi connectivity index (χ3n) is 5.06. The molecule has 11 nitrogen and oxygen atoms in total. The molecule has 0 aliphatic rings. The van der Waals surface area contributed by atoms with E-state index in [4.69, 9.17) is 4.74 Å². The molecule has 13 heteroatoms. The van der Waals surface area contributed by atoms with E-state index in [2.05, 4.69) is 10.6 Å². The maximum Gasteiger partial charge on any atom is 0.488 e. The molecule has 0 aromatic heterocycles. The van der Waals surface area contributed by atoms with Crippen LogP contribution in [-0.2, 0) is 27.2 Å². The molecule has 2 atom stereocenters. The van der Waals surface area contributed by atoms with Crippen molar-refractivity contribution in [3.05, 3.63) is 59.7 Å². The summed E-state index contributed by atoms with van der Waals surface area (Å²) in [4.78, 5) is 37.3. The highest BCUT2D eigenvalue weighted by Gasteiger charge is 2.29. The van der Waals surface area contributed by atoms with Gasteiger partial charge < -0.3 is 40.6 Å². The Morgan fingerprint density at radius 1 is 0.725 bits per heavy atom. The van der Waals surface area contributed by atoms with Crippen LogP contribution < -0.4 is 21.6 Å². The molecule has 7 N–H and O–H groups in total. The first-order valence-corrected chi connectivity index (χ1v) is 13.2. The number of carboxylic acids is 1. The average molecular weight is 560 g/mol. The van der Waals surface area contributed by atoms with Crippen LogP contribution in [0.3, 0.4) is 0 Å². The topological polar surface area (TPSA) is 186 Å². The largest absolute Gasteiger partial charge is 0.488 e. The van der Waals surface area contributed by atoms with Crippen molar-refractivity contribution < 1.29 is 44.3 Å². The Labute approximate surface area is 236 Å². The van der Waals surface area contributed by atoms with Crippen LogP contribution in [0, 0.1) is 0 Å². The van der Waals surface area contributed by atoms with Crippen molar-refractivity contribution in [3.63, 3.8) is 0 Å². The molecule has 0 saturated carbocycles. The highest BCUT2D eigenvalue weighted by atomic mass is 16.6. The maximum absolute atomic E-state index is 13.1. The Kier molecular flexibility index (Phi) is 16.5. The minimum absolute atomic E-state index is 0.0255. The zero-order valence-corrected chi connectivity index (χ0v) is 24.2. The molecule has 0 aliphatic carbocycles. The molecule has 2 aromatic carbocycles. The summed E-state index contributed by atoms with van der Waals surface area (Å²) in [5.74, 6) is -2.06. The molecule has 0 aliphatic heterocycles. The van der Waals surface area contributed by atoms with Gasteiger partial charge in [0.05, 0.1) is 0 Å². The molecule has 0 radical (unpaired) electrons. The molecule has 1 unspecified atom stereocenters. The van der Waals surface area contributed by atoms with Crippen molar-refractivity contribution in [1.29, 1.82) is 0 Å². The van der Waals surface area contributed by atoms with Crippen LogP contribution in [-0.4, -0.2) is 75.1 Å². The van der Waals surface area contributed by atoms with E-state index in [-0.39, 0.29) is 23.8 Å². The van der Waals surface area contributed by atoms with Gasteiger partial charge in [0, 0.05) is 12.8 Å². The van der Waals surface area contributed by atoms with E-state index in [1.165, 1.54) is 36.4 Å². The lowest BCUT2D eigenvalue weighted by Crippen LogP contribution is -2.53. The first-order chi connectivity index (χ1) is 18.7. The summed E-state index contributed by atoms with van der Waals surface area (Å²) in [7, 11) is -3.33. The fourth-order valence-corrected chi connectivity index (χ4v) is 3.25. The van der Waals surface area contributed by atoms with Crippen molar-refractivity contribution in [1.82, 2.24) is 10.6 Å². The number of hydrogen-bond acceptors (Lipinski definition) is 8. The van der Waals surface area contributed by atoms with Gasteiger partial charge in [0.1, 0.15) is 17.7 Å². The van der Waals surface area contributed by atoms with Crippen molar-refractivity contribution >= 4 is 43.1 Å². The lowest BCUT2D eigenvalue weighted by atomic mass is 9.80. The summed E-state index contributed by atoms with van der Waals surface area (Å²) < 4.78 is 5.23. The molecule has 0 fully saturated rings. The van der Waals surface area contributed by atoms with Crippen LogP contribution in [0.4, 0.5) is 4.79 Å². The van der Waals surface area contributed by atoms with E-state index >= 15 is 0 Å². The van der Waals surface area contributed by atoms with Gasteiger partial charge in [-0.2, -0.15) is 0 Å². The van der Waals surface area contributed by atoms with E-state index in [1.54, 1.807) is 32.9 Å². The predicted octanol–water partition coefficient (Wildman–Crippen LogP) is 0.347. The van der Waals surface area contributed by atoms with Gasteiger partial charge in [-0.05, 0) is 42.8 Å². The molecule has 0 spiro atoms. The SMILES string of the molecule is CC.CC.CC(C)(C)OC(=O)NC(Cc1ccc(B(O)O)cc1)C(=O)N[C@@H](Cc1ccc(B(O)O)cc1)C(=O)O. The van der Waals surface area contributed by atoms with Crippen molar-refractivity contribution in [3.8, 4) is 0 Å². The van der Waals surface area contributed by atoms with Gasteiger partial charge >= 0.3 is 26.3 Å². The molecule has 0 bridgehead atoms. The summed E-state index contributed by atoms with van der Waals surface area (Å²) in [5.41, 5.74) is 0.742. The normalized spacial score (nSPS) is 11.8. The number of hydrogen-bond donors (Lipinski definition) is 7. The number of benzene rings is 2. The summed E-state index contributed by atoms with van der Waals surface area (Å²) >= 11 is 0. The van der Waals surface area contributed by atoms with E-state index < -0.39 is 49.9 Å². The molecular formula is C27H42B2N2O9. The van der Waals surface area contributed by atoms with Crippen LogP contribution >= 0.6 is 0 Å². The Balaban J connectivity index is 0.00000363. The quantitative estimate of drug-likeness (QED) is 0.201. The summed E-state index contributed by atoms with van der Waals surface area (Å²) in [6.45, 7) is 13.0. The van der Waals surface area contributed by atoms with Gasteiger partial charge in [0.15, 0.2) is 0 Å². The maximum atomic E-state index is 13.1. The number of ether oxygens (including phenoxy) is 1. The van der Waals surface area contributed by atoms with Crippen LogP contribution in [0.5, 0.6) is 0 Å². The molecule has 40 heavy (non-hydrogen) atoms. The first kappa shape index (κ1) is 36.6. The number of aliphatic carboxylic acids is 1. The molecule has 220 valence electrons. The number of carbonyl (C=O) groups is 3. The minimum atomic E-state index is -1.66. The van der Waals surface area contributed by atoms with Gasteiger partial charge in [0.2, 0.25) is 5.91 Å². The molecule has 0 heterocycles. The lowest BCUT2D eigenvalue weighted by Gasteiger charge is -2.24. The van der Waals surface area contributed by atoms with E-state index in [9.17, 15) is 39.6 Å². The third-order valence-corrected chi connectivity index (χ3v) is 5.06. The Bertz CT molecular complexity index is 1040. The third kappa shape index (κ3) is 13.6. The smallest absolute Gasteiger partial charge is 0.480 e. The van der Waals surface area contributed by atoms with E-state index in [1.807, 2.05) is 27.7 Å². The van der Waals surface area contributed by atoms with Gasteiger partial charge in [0.25, 0.3) is 0 Å². The second kappa shape index (κ2) is 18.1. The minimum Gasteiger partial charge on any atom is -0.480 e. The van der Waals surface area contributed by atoms with Crippen molar-refractivity contribution in [2.75, 3.05) is 0 Å². The Morgan fingerprint density at radius 2 is 1.10 bits per heavy atom. The monoisotopic (exact) mass is 560 g/mol. The van der Waals surface area contributed by atoms with Gasteiger partial charge in [-0.3, -0.25) is 4.79 Å². The number of nitrogens with one attached hydrogen (secondary N) is 2. The fourth-order valence-electron chi connectivity index (χ4n) is 3.25. The second-order valence-electron chi connectivity index (χ2n) is 9.24. The van der Waals surface area contributed by atoms with E-state index in [0.717, 1.165) is 0 Å². The van der Waals surface area contributed by atoms with Gasteiger partial charge in [-0.15, -0.1) is 0 Å². The molecule has 2 aromatic rings. The molecule has 2 rings (SSSR count). The lowest BCUT2D eigenvalue weighted by molar-refractivity contribution is -0.142. The van der Waals surface area contributed by atoms with Crippen LogP contribution in [0.2, 0.25) is 0 Å². The number of rotatable bonds is 10. The number of carbonyl (C=O) groups excluding carboxylic acids is 2. The van der Waals surface area contributed by atoms with Crippen LogP contribution in [0.15, 0.2) is 48.5 Å². The van der Waals surface area contributed by atoms with Crippen molar-refractivity contribution in [2.24, 2.45) is 0 Å². The van der Waals surface area contributed by atoms with Crippen LogP contribution in [0.1, 0.15) is 59.6 Å². The first-order valence-electron chi connectivity index (χ1n) is 13.2. The zero-order chi connectivity index (χ0) is 31.0. The Hall–Kier alpha value is -3.38. The summed E-state index contributed by atoms with van der Waals surface area (Å²) in [5, 5.41) is 51.5. The fraction of sp³-hybridized carbons (Fsp3) is 0.444. The number of amides is 2. The Morgan fingerprint density at radius 3 is 1.43 bits per heavy atom. The molecular weight excluding hydrogens is 518 g/mol. The van der Waals surface area contributed by atoms with Gasteiger partial charge in [-0.1, -0.05) is 76.2 Å². The molecule has 0 saturated heterocycles. The zero-order valence-electron chi connectivity index (χ0n) is 24.2. The standard InChI is InChI=1S/C23H30B2N2O9.2C2H6/c1-23(2,3)36-22(31)27-18(12-14-4-8-16(9-5-14)24(32)33)20(28)26-19(21(29)30)13-15-6-10-17(11-7-15)25(34)35;2*1-2/h4-11,18-19,32-35H,12-13H2,1-3H3,(H,26,28)(H,27,31)(H,29,30);2*1-2H3/t18?,19-;;/m0../s1. The number of carboxylic acid groups (broad SMARTS) is 1. The number of alkyl carbamates (subject to hydrolysis) is 1. The summed E-state index contributed by atoms with van der Waals surface area (Å²) in [6, 6.07) is 9.38. The second-order valence-corrected chi connectivity index (χ2v) is 9.24.